The van der Waals surface area contributed by atoms with Crippen molar-refractivity contribution in [2.24, 2.45) is 0 Å². The second kappa shape index (κ2) is 9.04. The van der Waals surface area contributed by atoms with E-state index in [1.807, 2.05) is 71.4 Å². The van der Waals surface area contributed by atoms with Gasteiger partial charge < -0.3 is 20.1 Å². The van der Waals surface area contributed by atoms with E-state index in [-0.39, 0.29) is 5.91 Å². The van der Waals surface area contributed by atoms with E-state index in [1.54, 1.807) is 44.3 Å². The summed E-state index contributed by atoms with van der Waals surface area (Å²) in [6, 6.07) is 24.3. The average Bonchev–Trinajstić information content (AvgIpc) is 3.34. The minimum atomic E-state index is -0.957. The third-order valence-electron chi connectivity index (χ3n) is 5.68. The van der Waals surface area contributed by atoms with E-state index >= 15 is 0 Å². The lowest BCUT2D eigenvalue weighted by Crippen LogP contribution is -2.16. The lowest BCUT2D eigenvalue weighted by atomic mass is 9.97. The lowest BCUT2D eigenvalue weighted by Gasteiger charge is -2.17. The number of benzene rings is 3. The van der Waals surface area contributed by atoms with Crippen LogP contribution in [-0.2, 0) is 5.60 Å². The van der Waals surface area contributed by atoms with Crippen molar-refractivity contribution >= 4 is 28.7 Å². The first-order chi connectivity index (χ1) is 16.9. The zero-order valence-corrected chi connectivity index (χ0v) is 19.4. The molecular weight excluding hydrogens is 438 g/mol. The highest BCUT2D eigenvalue weighted by Gasteiger charge is 2.16. The van der Waals surface area contributed by atoms with E-state index in [9.17, 15) is 9.90 Å². The fourth-order valence-electron chi connectivity index (χ4n) is 3.80. The summed E-state index contributed by atoms with van der Waals surface area (Å²) in [5.74, 6) is 0.411. The number of carbonyl (C=O) groups excluding carboxylic acids is 1. The molecule has 3 N–H and O–H groups in total. The number of nitrogens with one attached hydrogen (secondary N) is 2. The number of amides is 1. The summed E-state index contributed by atoms with van der Waals surface area (Å²) in [6.07, 6.45) is 5.52. The van der Waals surface area contributed by atoms with Crippen LogP contribution in [0, 0.1) is 0 Å². The molecule has 0 unspecified atom stereocenters. The van der Waals surface area contributed by atoms with Crippen molar-refractivity contribution in [3.63, 3.8) is 0 Å². The molecule has 0 bridgehead atoms. The second-order valence-corrected chi connectivity index (χ2v) is 8.80. The molecular formula is C28H25N5O2. The highest BCUT2D eigenvalue weighted by molar-refractivity contribution is 6.04. The Bertz CT molecular complexity index is 1490. The molecule has 5 rings (SSSR count). The average molecular weight is 464 g/mol. The molecule has 0 aliphatic carbocycles. The smallest absolute Gasteiger partial charge is 0.255 e. The molecule has 0 saturated carbocycles. The van der Waals surface area contributed by atoms with Crippen LogP contribution in [0.15, 0.2) is 97.5 Å². The predicted molar refractivity (Wildman–Crippen MR) is 138 cm³/mol. The van der Waals surface area contributed by atoms with Gasteiger partial charge in [-0.1, -0.05) is 42.5 Å². The van der Waals surface area contributed by atoms with Crippen LogP contribution in [-0.4, -0.2) is 25.4 Å². The van der Waals surface area contributed by atoms with E-state index in [2.05, 4.69) is 15.6 Å². The van der Waals surface area contributed by atoms with E-state index in [0.717, 1.165) is 28.2 Å². The number of rotatable bonds is 6. The summed E-state index contributed by atoms with van der Waals surface area (Å²) in [4.78, 5) is 22.1. The number of fused-ring (bicyclic) bond motifs is 1. The van der Waals surface area contributed by atoms with E-state index < -0.39 is 5.60 Å². The van der Waals surface area contributed by atoms with Gasteiger partial charge in [-0.3, -0.25) is 4.79 Å². The third kappa shape index (κ3) is 4.90. The first-order valence-corrected chi connectivity index (χ1v) is 11.3. The van der Waals surface area contributed by atoms with Gasteiger partial charge in [0.05, 0.1) is 11.3 Å². The molecule has 2 aromatic heterocycles. The summed E-state index contributed by atoms with van der Waals surface area (Å²) < 4.78 is 1.92. The van der Waals surface area contributed by atoms with Gasteiger partial charge in [-0.25, -0.2) is 9.97 Å². The highest BCUT2D eigenvalue weighted by Crippen LogP contribution is 2.27. The molecule has 0 fully saturated rings. The summed E-state index contributed by atoms with van der Waals surface area (Å²) >= 11 is 0. The molecule has 7 nitrogen and oxygen atoms in total. The van der Waals surface area contributed by atoms with Crippen LogP contribution in [0.2, 0.25) is 0 Å². The Morgan fingerprint density at radius 2 is 1.69 bits per heavy atom. The number of carbonyl (C=O) groups is 1. The summed E-state index contributed by atoms with van der Waals surface area (Å²) in [6.45, 7) is 3.42. The quantitative estimate of drug-likeness (QED) is 0.304. The molecule has 7 heteroatoms. The number of hydrogen-bond acceptors (Lipinski definition) is 5. The van der Waals surface area contributed by atoms with Gasteiger partial charge in [0.1, 0.15) is 0 Å². The summed E-state index contributed by atoms with van der Waals surface area (Å²) in [5, 5.41) is 16.4. The van der Waals surface area contributed by atoms with Gasteiger partial charge in [0, 0.05) is 41.1 Å². The van der Waals surface area contributed by atoms with Crippen LogP contribution < -0.4 is 10.6 Å². The summed E-state index contributed by atoms with van der Waals surface area (Å²) in [7, 11) is 0. The molecule has 0 aliphatic rings. The zero-order chi connectivity index (χ0) is 24.4. The van der Waals surface area contributed by atoms with Gasteiger partial charge in [-0.2, -0.15) is 0 Å². The van der Waals surface area contributed by atoms with Gasteiger partial charge in [0.2, 0.25) is 0 Å². The van der Waals surface area contributed by atoms with E-state index in [0.29, 0.717) is 17.1 Å². The number of aliphatic hydroxyl groups is 1. The first-order valence-electron chi connectivity index (χ1n) is 11.3. The zero-order valence-electron chi connectivity index (χ0n) is 19.4. The molecule has 174 valence electrons. The van der Waals surface area contributed by atoms with Crippen molar-refractivity contribution in [2.45, 2.75) is 19.4 Å². The monoisotopic (exact) mass is 463 g/mol. The Morgan fingerprint density at radius 3 is 2.43 bits per heavy atom. The molecule has 2 heterocycles. The molecule has 3 aromatic carbocycles. The Morgan fingerprint density at radius 1 is 0.943 bits per heavy atom. The van der Waals surface area contributed by atoms with Crippen molar-refractivity contribution in [3.8, 4) is 11.3 Å². The summed E-state index contributed by atoms with van der Waals surface area (Å²) in [5.41, 5.74) is 4.18. The normalized spacial score (nSPS) is 11.4. The number of para-hydroxylation sites is 1. The van der Waals surface area contributed by atoms with Gasteiger partial charge in [0.25, 0.3) is 5.91 Å². The molecule has 1 amide bonds. The van der Waals surface area contributed by atoms with Crippen molar-refractivity contribution in [2.75, 3.05) is 10.6 Å². The molecule has 0 atom stereocenters. The number of nitrogens with zero attached hydrogens (tertiary/aromatic N) is 3. The second-order valence-electron chi connectivity index (χ2n) is 8.80. The number of hydrogen-bond donors (Lipinski definition) is 3. The molecule has 5 aromatic rings. The van der Waals surface area contributed by atoms with Gasteiger partial charge in [0.15, 0.2) is 11.5 Å². The topological polar surface area (TPSA) is 91.5 Å². The Balaban J connectivity index is 1.41. The third-order valence-corrected chi connectivity index (χ3v) is 5.68. The van der Waals surface area contributed by atoms with Crippen LogP contribution in [0.1, 0.15) is 29.8 Å². The van der Waals surface area contributed by atoms with Crippen LogP contribution in [0.3, 0.4) is 0 Å². The minimum absolute atomic E-state index is 0.228. The lowest BCUT2D eigenvalue weighted by molar-refractivity contribution is 0.0785. The van der Waals surface area contributed by atoms with Crippen LogP contribution >= 0.6 is 0 Å². The van der Waals surface area contributed by atoms with Gasteiger partial charge in [-0.05, 0) is 55.8 Å². The number of aromatic nitrogens is 3. The van der Waals surface area contributed by atoms with Crippen molar-refractivity contribution < 1.29 is 9.90 Å². The van der Waals surface area contributed by atoms with Crippen LogP contribution in [0.5, 0.6) is 0 Å². The highest BCUT2D eigenvalue weighted by atomic mass is 16.3. The molecule has 0 saturated heterocycles. The fraction of sp³-hybridized carbons (Fsp3) is 0.107. The van der Waals surface area contributed by atoms with E-state index in [4.69, 9.17) is 4.98 Å². The molecule has 0 aliphatic heterocycles. The fourth-order valence-corrected chi connectivity index (χ4v) is 3.80. The van der Waals surface area contributed by atoms with E-state index in [1.165, 1.54) is 0 Å². The standard InChI is InChI=1S/C28H25N5O2/c1-28(2,35)21-13-11-19(12-14-21)27(34)31-23-10-6-7-20(17-23)24-18-33-16-15-29-26(33)25(32-24)30-22-8-4-3-5-9-22/h3-18,35H,1-2H3,(H,30,32)(H,31,34). The largest absolute Gasteiger partial charge is 0.386 e. The van der Waals surface area contributed by atoms with Crippen molar-refractivity contribution in [3.05, 3.63) is 109 Å². The van der Waals surface area contributed by atoms with Crippen LogP contribution in [0.25, 0.3) is 16.9 Å². The molecule has 35 heavy (non-hydrogen) atoms. The Labute approximate surface area is 203 Å². The van der Waals surface area contributed by atoms with Crippen LogP contribution in [0.4, 0.5) is 17.2 Å². The Hall–Kier alpha value is -4.49. The molecule has 0 radical (unpaired) electrons. The molecule has 0 spiro atoms. The maximum Gasteiger partial charge on any atom is 0.255 e. The minimum Gasteiger partial charge on any atom is -0.386 e. The maximum atomic E-state index is 12.8. The predicted octanol–water partition coefficient (Wildman–Crippen LogP) is 5.62. The number of anilines is 3. The number of imidazole rings is 1. The SMILES string of the molecule is CC(C)(O)c1ccc(C(=O)Nc2cccc(-c3cn4ccnc4c(Nc4ccccc4)n3)c2)cc1. The van der Waals surface area contributed by atoms with Gasteiger partial charge >= 0.3 is 0 Å². The van der Waals surface area contributed by atoms with Crippen molar-refractivity contribution in [1.82, 2.24) is 14.4 Å². The first kappa shape index (κ1) is 22.3. The maximum absolute atomic E-state index is 12.8. The van der Waals surface area contributed by atoms with Gasteiger partial charge in [-0.15, -0.1) is 0 Å². The van der Waals surface area contributed by atoms with Crippen molar-refractivity contribution in [1.29, 1.82) is 0 Å². The Kier molecular flexibility index (Phi) is 5.76.